The first-order valence-electron chi connectivity index (χ1n) is 4.16. The van der Waals surface area contributed by atoms with E-state index in [1.165, 1.54) is 0 Å². The Kier molecular flexibility index (Phi) is 3.75. The van der Waals surface area contributed by atoms with Gasteiger partial charge < -0.3 is 9.84 Å². The number of hydrogen-bond acceptors (Lipinski definition) is 2. The van der Waals surface area contributed by atoms with E-state index in [1.807, 2.05) is 25.1 Å². The normalized spacial score (nSPS) is 12.6. The Morgan fingerprint density at radius 2 is 2.23 bits per heavy atom. The lowest BCUT2D eigenvalue weighted by atomic mass is 10.2. The lowest BCUT2D eigenvalue weighted by Gasteiger charge is -2.10. The molecule has 3 heteroatoms. The minimum Gasteiger partial charge on any atom is -0.491 e. The average molecular weight is 245 g/mol. The standard InChI is InChI=1S/C10H13BrO2/c1-7-3-4-9(11)5-10(7)13-6-8(2)12/h3-5,8,12H,6H2,1-2H3. The summed E-state index contributed by atoms with van der Waals surface area (Å²) in [6.45, 7) is 4.01. The maximum atomic E-state index is 9.04. The van der Waals surface area contributed by atoms with Crippen molar-refractivity contribution in [2.24, 2.45) is 0 Å². The van der Waals surface area contributed by atoms with E-state index in [-0.39, 0.29) is 0 Å². The molecule has 0 aliphatic carbocycles. The van der Waals surface area contributed by atoms with Crippen LogP contribution in [0.15, 0.2) is 22.7 Å². The average Bonchev–Trinajstić information content (AvgIpc) is 2.06. The molecule has 0 spiro atoms. The zero-order valence-corrected chi connectivity index (χ0v) is 9.34. The third-order valence-corrected chi connectivity index (χ3v) is 2.12. The highest BCUT2D eigenvalue weighted by atomic mass is 79.9. The monoisotopic (exact) mass is 244 g/mol. The molecule has 0 fully saturated rings. The fraction of sp³-hybridized carbons (Fsp3) is 0.400. The Morgan fingerprint density at radius 1 is 1.54 bits per heavy atom. The van der Waals surface area contributed by atoms with Crippen molar-refractivity contribution in [3.8, 4) is 5.75 Å². The summed E-state index contributed by atoms with van der Waals surface area (Å²) in [4.78, 5) is 0. The molecule has 0 amide bonds. The predicted molar refractivity (Wildman–Crippen MR) is 56.1 cm³/mol. The van der Waals surface area contributed by atoms with Crippen LogP contribution >= 0.6 is 15.9 Å². The second-order valence-electron chi connectivity index (χ2n) is 3.07. The van der Waals surface area contributed by atoms with Crippen LogP contribution in [0.3, 0.4) is 0 Å². The van der Waals surface area contributed by atoms with Crippen LogP contribution in [0, 0.1) is 6.92 Å². The summed E-state index contributed by atoms with van der Waals surface area (Å²) in [5, 5.41) is 9.04. The Labute approximate surface area is 86.7 Å². The van der Waals surface area contributed by atoms with Crippen LogP contribution in [0.4, 0.5) is 0 Å². The molecule has 72 valence electrons. The van der Waals surface area contributed by atoms with E-state index in [1.54, 1.807) is 6.92 Å². The second-order valence-corrected chi connectivity index (χ2v) is 3.99. The molecule has 1 N–H and O–H groups in total. The van der Waals surface area contributed by atoms with Crippen LogP contribution in [-0.4, -0.2) is 17.8 Å². The molecule has 1 rings (SSSR count). The van der Waals surface area contributed by atoms with Gasteiger partial charge in [0.15, 0.2) is 0 Å². The molecule has 1 atom stereocenters. The largest absolute Gasteiger partial charge is 0.491 e. The maximum Gasteiger partial charge on any atom is 0.123 e. The zero-order chi connectivity index (χ0) is 9.84. The number of benzene rings is 1. The van der Waals surface area contributed by atoms with Crippen molar-refractivity contribution >= 4 is 15.9 Å². The number of ether oxygens (including phenoxy) is 1. The topological polar surface area (TPSA) is 29.5 Å². The van der Waals surface area contributed by atoms with Gasteiger partial charge in [0.25, 0.3) is 0 Å². The van der Waals surface area contributed by atoms with Gasteiger partial charge >= 0.3 is 0 Å². The summed E-state index contributed by atoms with van der Waals surface area (Å²) in [5.74, 6) is 0.815. The van der Waals surface area contributed by atoms with Gasteiger partial charge in [-0.1, -0.05) is 22.0 Å². The summed E-state index contributed by atoms with van der Waals surface area (Å²) in [5.41, 5.74) is 1.07. The Hall–Kier alpha value is -0.540. The molecule has 0 saturated heterocycles. The van der Waals surface area contributed by atoms with Crippen LogP contribution in [0.5, 0.6) is 5.75 Å². The van der Waals surface area contributed by atoms with Crippen molar-refractivity contribution < 1.29 is 9.84 Å². The van der Waals surface area contributed by atoms with Gasteiger partial charge in [0.2, 0.25) is 0 Å². The first kappa shape index (κ1) is 10.5. The molecule has 1 aromatic carbocycles. The lowest BCUT2D eigenvalue weighted by molar-refractivity contribution is 0.122. The molecule has 0 aliphatic heterocycles. The van der Waals surface area contributed by atoms with Gasteiger partial charge in [-0.05, 0) is 31.5 Å². The summed E-state index contributed by atoms with van der Waals surface area (Å²) >= 11 is 3.36. The summed E-state index contributed by atoms with van der Waals surface area (Å²) in [6, 6.07) is 5.84. The van der Waals surface area contributed by atoms with E-state index in [2.05, 4.69) is 15.9 Å². The predicted octanol–water partition coefficient (Wildman–Crippen LogP) is 2.52. The van der Waals surface area contributed by atoms with Crippen molar-refractivity contribution in [1.29, 1.82) is 0 Å². The molecule has 1 unspecified atom stereocenters. The van der Waals surface area contributed by atoms with Gasteiger partial charge in [-0.15, -0.1) is 0 Å². The summed E-state index contributed by atoms with van der Waals surface area (Å²) in [7, 11) is 0. The van der Waals surface area contributed by atoms with Gasteiger partial charge in [0, 0.05) is 4.47 Å². The summed E-state index contributed by atoms with van der Waals surface area (Å²) in [6.07, 6.45) is -0.432. The first-order chi connectivity index (χ1) is 6.09. The molecule has 0 aliphatic rings. The van der Waals surface area contributed by atoms with Crippen LogP contribution < -0.4 is 4.74 Å². The Bertz CT molecular complexity index is 284. The Balaban J connectivity index is 2.70. The fourth-order valence-corrected chi connectivity index (χ4v) is 1.28. The maximum absolute atomic E-state index is 9.04. The van der Waals surface area contributed by atoms with E-state index >= 15 is 0 Å². The number of aliphatic hydroxyl groups excluding tert-OH is 1. The second kappa shape index (κ2) is 4.63. The third kappa shape index (κ3) is 3.36. The molecule has 1 aromatic rings. The minimum absolute atomic E-state index is 0.331. The van der Waals surface area contributed by atoms with Crippen molar-refractivity contribution in [2.45, 2.75) is 20.0 Å². The molecule has 2 nitrogen and oxygen atoms in total. The molecule has 0 heterocycles. The van der Waals surface area contributed by atoms with E-state index in [0.29, 0.717) is 6.61 Å². The van der Waals surface area contributed by atoms with E-state index < -0.39 is 6.10 Å². The number of halogens is 1. The van der Waals surface area contributed by atoms with E-state index in [4.69, 9.17) is 9.84 Å². The quantitative estimate of drug-likeness (QED) is 0.886. The van der Waals surface area contributed by atoms with Crippen molar-refractivity contribution in [3.05, 3.63) is 28.2 Å². The van der Waals surface area contributed by atoms with Crippen LogP contribution in [-0.2, 0) is 0 Å². The molecule has 0 radical (unpaired) electrons. The number of hydrogen-bond donors (Lipinski definition) is 1. The Morgan fingerprint density at radius 3 is 2.85 bits per heavy atom. The molecule has 0 aromatic heterocycles. The summed E-state index contributed by atoms with van der Waals surface area (Å²) < 4.78 is 6.38. The van der Waals surface area contributed by atoms with Crippen molar-refractivity contribution in [3.63, 3.8) is 0 Å². The van der Waals surface area contributed by atoms with Gasteiger partial charge in [0.05, 0.1) is 6.10 Å². The smallest absolute Gasteiger partial charge is 0.123 e. The molecule has 0 bridgehead atoms. The van der Waals surface area contributed by atoms with E-state index in [0.717, 1.165) is 15.8 Å². The molecular formula is C10H13BrO2. The molecular weight excluding hydrogens is 232 g/mol. The van der Waals surface area contributed by atoms with E-state index in [9.17, 15) is 0 Å². The highest BCUT2D eigenvalue weighted by Crippen LogP contribution is 2.22. The molecule has 0 saturated carbocycles. The van der Waals surface area contributed by atoms with Crippen molar-refractivity contribution in [2.75, 3.05) is 6.61 Å². The first-order valence-corrected chi connectivity index (χ1v) is 4.96. The minimum atomic E-state index is -0.432. The van der Waals surface area contributed by atoms with Gasteiger partial charge in [-0.2, -0.15) is 0 Å². The van der Waals surface area contributed by atoms with Crippen molar-refractivity contribution in [1.82, 2.24) is 0 Å². The van der Waals surface area contributed by atoms with Crippen LogP contribution in [0.1, 0.15) is 12.5 Å². The number of rotatable bonds is 3. The number of aryl methyl sites for hydroxylation is 1. The third-order valence-electron chi connectivity index (χ3n) is 1.63. The van der Waals surface area contributed by atoms with Crippen LogP contribution in [0.2, 0.25) is 0 Å². The zero-order valence-electron chi connectivity index (χ0n) is 7.75. The SMILES string of the molecule is Cc1ccc(Br)cc1OCC(C)O. The highest BCUT2D eigenvalue weighted by molar-refractivity contribution is 9.10. The van der Waals surface area contributed by atoms with Gasteiger partial charge in [-0.25, -0.2) is 0 Å². The number of aliphatic hydroxyl groups is 1. The van der Waals surface area contributed by atoms with Gasteiger partial charge in [-0.3, -0.25) is 0 Å². The van der Waals surface area contributed by atoms with Gasteiger partial charge in [0.1, 0.15) is 12.4 Å². The fourth-order valence-electron chi connectivity index (χ4n) is 0.940. The molecule has 13 heavy (non-hydrogen) atoms. The highest BCUT2D eigenvalue weighted by Gasteiger charge is 2.02. The van der Waals surface area contributed by atoms with Crippen LogP contribution in [0.25, 0.3) is 0 Å². The lowest BCUT2D eigenvalue weighted by Crippen LogP contribution is -2.13.